The number of aliphatic hydroxyl groups excluding tert-OH is 2. The van der Waals surface area contributed by atoms with Crippen LogP contribution in [0.2, 0.25) is 0 Å². The number of allylic oxidation sites excluding steroid dienone is 1. The molecule has 0 saturated carbocycles. The Hall–Kier alpha value is -1.73. The summed E-state index contributed by atoms with van der Waals surface area (Å²) in [6, 6.07) is 0. The quantitative estimate of drug-likeness (QED) is 0.284. The highest BCUT2D eigenvalue weighted by Crippen LogP contribution is 2.08. The Kier molecular flexibility index (Phi) is 7.62. The number of esters is 2. The summed E-state index contributed by atoms with van der Waals surface area (Å²) in [5.41, 5.74) is 0.0436. The second kappa shape index (κ2) is 8.39. The first-order valence-electron chi connectivity index (χ1n) is 5.61. The first-order chi connectivity index (χ1) is 8.77. The monoisotopic (exact) mass is 274 g/mol. The average molecular weight is 274 g/mol. The Balaban J connectivity index is 4.44. The van der Waals surface area contributed by atoms with Crippen molar-refractivity contribution in [1.29, 1.82) is 0 Å². The van der Waals surface area contributed by atoms with Crippen molar-refractivity contribution in [1.82, 2.24) is 0 Å². The van der Waals surface area contributed by atoms with E-state index in [1.807, 2.05) is 0 Å². The predicted octanol–water partition coefficient (Wildman–Crippen LogP) is -0.301. The molecule has 0 fully saturated rings. The van der Waals surface area contributed by atoms with E-state index in [-0.39, 0.29) is 17.9 Å². The maximum Gasteiger partial charge on any atom is 0.344 e. The summed E-state index contributed by atoms with van der Waals surface area (Å²) >= 11 is 0. The Morgan fingerprint density at radius 2 is 1.74 bits per heavy atom. The van der Waals surface area contributed by atoms with Gasteiger partial charge in [0.05, 0.1) is 12.2 Å². The highest BCUT2D eigenvalue weighted by atomic mass is 16.6. The van der Waals surface area contributed by atoms with Crippen LogP contribution in [0.25, 0.3) is 0 Å². The van der Waals surface area contributed by atoms with E-state index < -0.39 is 36.9 Å². The van der Waals surface area contributed by atoms with E-state index in [4.69, 9.17) is 14.9 Å². The number of rotatable bonds is 7. The fourth-order valence-corrected chi connectivity index (χ4v) is 0.945. The third-order valence-corrected chi connectivity index (χ3v) is 2.14. The van der Waals surface area contributed by atoms with Gasteiger partial charge in [0, 0.05) is 0 Å². The summed E-state index contributed by atoms with van der Waals surface area (Å²) in [5, 5.41) is 17.7. The first-order valence-corrected chi connectivity index (χ1v) is 5.61. The van der Waals surface area contributed by atoms with Gasteiger partial charge in [-0.05, 0) is 20.8 Å². The van der Waals surface area contributed by atoms with Gasteiger partial charge in [-0.3, -0.25) is 9.59 Å². The Morgan fingerprint density at radius 1 is 1.16 bits per heavy atom. The van der Waals surface area contributed by atoms with Crippen LogP contribution < -0.4 is 0 Å². The number of hydrogen-bond donors (Lipinski definition) is 2. The molecule has 0 aliphatic rings. The zero-order valence-electron chi connectivity index (χ0n) is 11.1. The molecule has 108 valence electrons. The van der Waals surface area contributed by atoms with Gasteiger partial charge in [-0.15, -0.1) is 0 Å². The van der Waals surface area contributed by atoms with Crippen molar-refractivity contribution in [2.24, 2.45) is 0 Å². The molecule has 7 nitrogen and oxygen atoms in total. The molecule has 7 heteroatoms. The molecule has 0 saturated heterocycles. The van der Waals surface area contributed by atoms with Crippen LogP contribution in [-0.4, -0.2) is 47.3 Å². The van der Waals surface area contributed by atoms with Gasteiger partial charge in [-0.25, -0.2) is 4.79 Å². The van der Waals surface area contributed by atoms with Crippen LogP contribution >= 0.6 is 0 Å². The SMILES string of the molecule is CC(=O)CC(=O)OC(=O)C(C)=C(C)OCC(O)CO. The second-order valence-corrected chi connectivity index (χ2v) is 3.97. The molecule has 0 aliphatic carbocycles. The lowest BCUT2D eigenvalue weighted by Crippen LogP contribution is -2.20. The van der Waals surface area contributed by atoms with Gasteiger partial charge in [0.15, 0.2) is 0 Å². The van der Waals surface area contributed by atoms with Gasteiger partial charge in [0.2, 0.25) is 0 Å². The molecule has 0 heterocycles. The minimum Gasteiger partial charge on any atom is -0.495 e. The van der Waals surface area contributed by atoms with E-state index in [2.05, 4.69) is 4.74 Å². The molecular formula is C12H18O7. The van der Waals surface area contributed by atoms with Crippen molar-refractivity contribution in [2.45, 2.75) is 33.3 Å². The number of aliphatic hydroxyl groups is 2. The Labute approximate surface area is 110 Å². The molecule has 0 aromatic heterocycles. The topological polar surface area (TPSA) is 110 Å². The third-order valence-electron chi connectivity index (χ3n) is 2.14. The largest absolute Gasteiger partial charge is 0.495 e. The van der Waals surface area contributed by atoms with E-state index in [1.54, 1.807) is 0 Å². The predicted molar refractivity (Wildman–Crippen MR) is 63.8 cm³/mol. The average Bonchev–Trinajstić information content (AvgIpc) is 2.33. The molecule has 0 rings (SSSR count). The summed E-state index contributed by atoms with van der Waals surface area (Å²) in [6.07, 6.45) is -1.53. The van der Waals surface area contributed by atoms with Crippen molar-refractivity contribution < 1.29 is 34.1 Å². The lowest BCUT2D eigenvalue weighted by Gasteiger charge is -2.12. The van der Waals surface area contributed by atoms with E-state index >= 15 is 0 Å². The van der Waals surface area contributed by atoms with E-state index in [0.717, 1.165) is 0 Å². The number of ketones is 1. The van der Waals surface area contributed by atoms with Crippen LogP contribution in [0.15, 0.2) is 11.3 Å². The number of hydrogen-bond acceptors (Lipinski definition) is 7. The minimum absolute atomic E-state index is 0.0436. The maximum absolute atomic E-state index is 11.5. The Morgan fingerprint density at radius 3 is 2.21 bits per heavy atom. The summed E-state index contributed by atoms with van der Waals surface area (Å²) in [7, 11) is 0. The number of carbonyl (C=O) groups is 3. The summed E-state index contributed by atoms with van der Waals surface area (Å²) in [4.78, 5) is 33.2. The molecule has 0 radical (unpaired) electrons. The molecule has 0 aliphatic heterocycles. The molecule has 2 N–H and O–H groups in total. The van der Waals surface area contributed by atoms with Crippen molar-refractivity contribution in [3.05, 3.63) is 11.3 Å². The van der Waals surface area contributed by atoms with Crippen LogP contribution in [0, 0.1) is 0 Å². The first kappa shape index (κ1) is 17.3. The molecule has 1 atom stereocenters. The van der Waals surface area contributed by atoms with E-state index in [0.29, 0.717) is 0 Å². The van der Waals surface area contributed by atoms with Gasteiger partial charge < -0.3 is 19.7 Å². The van der Waals surface area contributed by atoms with Crippen LogP contribution in [-0.2, 0) is 23.9 Å². The lowest BCUT2D eigenvalue weighted by atomic mass is 10.2. The minimum atomic E-state index is -1.06. The highest BCUT2D eigenvalue weighted by molar-refractivity contribution is 6.02. The zero-order valence-corrected chi connectivity index (χ0v) is 11.1. The zero-order chi connectivity index (χ0) is 15.0. The summed E-state index contributed by atoms with van der Waals surface area (Å²) in [5.74, 6) is -2.09. The molecule has 0 amide bonds. The summed E-state index contributed by atoms with van der Waals surface area (Å²) < 4.78 is 9.46. The van der Waals surface area contributed by atoms with Crippen LogP contribution in [0.4, 0.5) is 0 Å². The third kappa shape index (κ3) is 7.32. The molecule has 19 heavy (non-hydrogen) atoms. The van der Waals surface area contributed by atoms with Gasteiger partial charge >= 0.3 is 11.9 Å². The number of carbonyl (C=O) groups excluding carboxylic acids is 3. The van der Waals surface area contributed by atoms with Crippen molar-refractivity contribution in [2.75, 3.05) is 13.2 Å². The lowest BCUT2D eigenvalue weighted by molar-refractivity contribution is -0.157. The molecule has 0 aromatic rings. The van der Waals surface area contributed by atoms with Gasteiger partial charge in [0.1, 0.15) is 30.7 Å². The molecule has 0 aromatic carbocycles. The highest BCUT2D eigenvalue weighted by Gasteiger charge is 2.17. The smallest absolute Gasteiger partial charge is 0.344 e. The van der Waals surface area contributed by atoms with Crippen molar-refractivity contribution in [3.8, 4) is 0 Å². The van der Waals surface area contributed by atoms with Crippen LogP contribution in [0.1, 0.15) is 27.2 Å². The second-order valence-electron chi connectivity index (χ2n) is 3.97. The fraction of sp³-hybridized carbons (Fsp3) is 0.583. The Bertz CT molecular complexity index is 384. The van der Waals surface area contributed by atoms with E-state index in [9.17, 15) is 14.4 Å². The van der Waals surface area contributed by atoms with Gasteiger partial charge in [-0.2, -0.15) is 0 Å². The normalized spacial score (nSPS) is 13.3. The van der Waals surface area contributed by atoms with Gasteiger partial charge in [-0.1, -0.05) is 0 Å². The number of Topliss-reactive ketones (excluding diaryl/α,β-unsaturated/α-hetero) is 1. The van der Waals surface area contributed by atoms with E-state index in [1.165, 1.54) is 20.8 Å². The molecule has 0 spiro atoms. The molecule has 0 bridgehead atoms. The molecule has 1 unspecified atom stereocenters. The standard InChI is InChI=1S/C12H18O7/c1-7(14)4-11(16)19-12(17)8(2)9(3)18-6-10(15)5-13/h10,13,15H,4-6H2,1-3H3. The molecular weight excluding hydrogens is 256 g/mol. The van der Waals surface area contributed by atoms with Crippen LogP contribution in [0.5, 0.6) is 0 Å². The maximum atomic E-state index is 11.5. The fourth-order valence-electron chi connectivity index (χ4n) is 0.945. The van der Waals surface area contributed by atoms with Crippen molar-refractivity contribution in [3.63, 3.8) is 0 Å². The van der Waals surface area contributed by atoms with Gasteiger partial charge in [0.25, 0.3) is 0 Å². The number of ether oxygens (including phenoxy) is 2. The van der Waals surface area contributed by atoms with Crippen LogP contribution in [0.3, 0.4) is 0 Å². The summed E-state index contributed by atoms with van der Waals surface area (Å²) in [6.45, 7) is 3.39. The van der Waals surface area contributed by atoms with Crippen molar-refractivity contribution >= 4 is 17.7 Å².